The fourth-order valence-corrected chi connectivity index (χ4v) is 2.08. The van der Waals surface area contributed by atoms with Gasteiger partial charge in [0.2, 0.25) is 0 Å². The molecule has 0 unspecified atom stereocenters. The van der Waals surface area contributed by atoms with Gasteiger partial charge in [-0.3, -0.25) is 9.59 Å². The molecule has 5 nitrogen and oxygen atoms in total. The van der Waals surface area contributed by atoms with Crippen molar-refractivity contribution in [3.63, 3.8) is 0 Å². The Morgan fingerprint density at radius 3 is 2.42 bits per heavy atom. The highest BCUT2D eigenvalue weighted by Crippen LogP contribution is 2.15. The number of hydrogen-bond donors (Lipinski definition) is 1. The summed E-state index contributed by atoms with van der Waals surface area (Å²) >= 11 is 0. The van der Waals surface area contributed by atoms with Crippen LogP contribution in [0.3, 0.4) is 0 Å². The molecule has 0 spiro atoms. The van der Waals surface area contributed by atoms with Gasteiger partial charge in [0.05, 0.1) is 0 Å². The summed E-state index contributed by atoms with van der Waals surface area (Å²) in [5.74, 6) is -0.884. The van der Waals surface area contributed by atoms with Crippen molar-refractivity contribution < 1.29 is 18.7 Å². The minimum atomic E-state index is -0.502. The number of para-hydroxylation sites is 1. The van der Waals surface area contributed by atoms with Gasteiger partial charge in [0.1, 0.15) is 0 Å². The molecule has 2 aromatic carbocycles. The predicted octanol–water partition coefficient (Wildman–Crippen LogP) is 2.22. The minimum absolute atomic E-state index is 0.0502. The van der Waals surface area contributed by atoms with Crippen LogP contribution in [-0.2, 0) is 11.3 Å². The maximum absolute atomic E-state index is 13.4. The van der Waals surface area contributed by atoms with Crippen molar-refractivity contribution in [1.29, 1.82) is 0 Å². The molecule has 2 aromatic rings. The standard InChI is InChI=1S/C18H19FN2O3/c1-20-18(23)14-9-7-13(8-10-14)11-21(2)17(22)12-24-16-6-4-3-5-15(16)19/h3-10H,11-12H2,1-2H3,(H,20,23). The van der Waals surface area contributed by atoms with Gasteiger partial charge in [0.25, 0.3) is 11.8 Å². The van der Waals surface area contributed by atoms with Crippen molar-refractivity contribution in [2.24, 2.45) is 0 Å². The molecule has 2 amide bonds. The Balaban J connectivity index is 1.89. The van der Waals surface area contributed by atoms with Crippen LogP contribution in [0.1, 0.15) is 15.9 Å². The molecule has 0 fully saturated rings. The van der Waals surface area contributed by atoms with Crippen LogP contribution >= 0.6 is 0 Å². The Labute approximate surface area is 140 Å². The third kappa shape index (κ3) is 4.55. The number of nitrogens with zero attached hydrogens (tertiary/aromatic N) is 1. The highest BCUT2D eigenvalue weighted by molar-refractivity contribution is 5.93. The molecule has 0 atom stereocenters. The molecule has 0 saturated carbocycles. The lowest BCUT2D eigenvalue weighted by Crippen LogP contribution is -2.31. The number of ether oxygens (including phenoxy) is 1. The van der Waals surface area contributed by atoms with E-state index < -0.39 is 5.82 Å². The average molecular weight is 330 g/mol. The van der Waals surface area contributed by atoms with Crippen LogP contribution in [0, 0.1) is 5.82 Å². The summed E-state index contributed by atoms with van der Waals surface area (Å²) in [6, 6.07) is 12.9. The molecule has 0 aliphatic heterocycles. The van der Waals surface area contributed by atoms with Crippen molar-refractivity contribution in [3.8, 4) is 5.75 Å². The molecule has 126 valence electrons. The van der Waals surface area contributed by atoms with Gasteiger partial charge in [-0.2, -0.15) is 0 Å². The summed E-state index contributed by atoms with van der Waals surface area (Å²) in [5, 5.41) is 2.55. The molecule has 0 heterocycles. The molecule has 0 bridgehead atoms. The van der Waals surface area contributed by atoms with E-state index in [1.807, 2.05) is 0 Å². The van der Waals surface area contributed by atoms with Gasteiger partial charge in [-0.15, -0.1) is 0 Å². The second kappa shape index (κ2) is 8.10. The monoisotopic (exact) mass is 330 g/mol. The Morgan fingerprint density at radius 2 is 1.79 bits per heavy atom. The summed E-state index contributed by atoms with van der Waals surface area (Å²) < 4.78 is 18.6. The highest BCUT2D eigenvalue weighted by atomic mass is 19.1. The number of nitrogens with one attached hydrogen (secondary N) is 1. The van der Waals surface area contributed by atoms with Gasteiger partial charge in [-0.25, -0.2) is 4.39 Å². The van der Waals surface area contributed by atoms with Crippen LogP contribution in [0.5, 0.6) is 5.75 Å². The fraction of sp³-hybridized carbons (Fsp3) is 0.222. The van der Waals surface area contributed by atoms with E-state index in [1.165, 1.54) is 17.0 Å². The van der Waals surface area contributed by atoms with E-state index in [0.29, 0.717) is 12.1 Å². The number of likely N-dealkylation sites (N-methyl/N-ethyl adjacent to an activating group) is 1. The van der Waals surface area contributed by atoms with Crippen LogP contribution in [0.4, 0.5) is 4.39 Å². The number of hydrogen-bond acceptors (Lipinski definition) is 3. The molecule has 0 saturated heterocycles. The number of carbonyl (C=O) groups is 2. The van der Waals surface area contributed by atoms with E-state index in [9.17, 15) is 14.0 Å². The van der Waals surface area contributed by atoms with Crippen LogP contribution in [-0.4, -0.2) is 37.4 Å². The number of benzene rings is 2. The first-order valence-electron chi connectivity index (χ1n) is 7.43. The molecule has 0 radical (unpaired) electrons. The first-order valence-corrected chi connectivity index (χ1v) is 7.43. The van der Waals surface area contributed by atoms with Gasteiger partial charge < -0.3 is 15.0 Å². The van der Waals surface area contributed by atoms with Crippen molar-refractivity contribution in [2.45, 2.75) is 6.54 Å². The summed E-state index contributed by atoms with van der Waals surface area (Å²) in [5.41, 5.74) is 1.43. The molecule has 24 heavy (non-hydrogen) atoms. The van der Waals surface area contributed by atoms with Gasteiger partial charge in [0.15, 0.2) is 18.2 Å². The Morgan fingerprint density at radius 1 is 1.12 bits per heavy atom. The fourth-order valence-electron chi connectivity index (χ4n) is 2.08. The summed E-state index contributed by atoms with van der Waals surface area (Å²) in [4.78, 5) is 25.0. The first-order chi connectivity index (χ1) is 11.5. The van der Waals surface area contributed by atoms with Crippen LogP contribution < -0.4 is 10.1 Å². The Kier molecular flexibility index (Phi) is 5.89. The lowest BCUT2D eigenvalue weighted by Gasteiger charge is -2.18. The van der Waals surface area contributed by atoms with Crippen molar-refractivity contribution in [1.82, 2.24) is 10.2 Å². The van der Waals surface area contributed by atoms with Gasteiger partial charge in [0, 0.05) is 26.2 Å². The maximum atomic E-state index is 13.4. The molecular weight excluding hydrogens is 311 g/mol. The van der Waals surface area contributed by atoms with Crippen LogP contribution in [0.2, 0.25) is 0 Å². The van der Waals surface area contributed by atoms with Gasteiger partial charge >= 0.3 is 0 Å². The number of rotatable bonds is 6. The zero-order chi connectivity index (χ0) is 17.5. The van der Waals surface area contributed by atoms with Crippen LogP contribution in [0.15, 0.2) is 48.5 Å². The molecule has 0 aromatic heterocycles. The normalized spacial score (nSPS) is 10.1. The predicted molar refractivity (Wildman–Crippen MR) is 88.2 cm³/mol. The third-order valence-electron chi connectivity index (χ3n) is 3.48. The zero-order valence-electron chi connectivity index (χ0n) is 13.6. The van der Waals surface area contributed by atoms with Crippen LogP contribution in [0.25, 0.3) is 0 Å². The Hall–Kier alpha value is -2.89. The second-order valence-electron chi connectivity index (χ2n) is 5.24. The number of amides is 2. The summed E-state index contributed by atoms with van der Waals surface area (Å²) in [6.07, 6.45) is 0. The van der Waals surface area contributed by atoms with E-state index in [1.54, 1.807) is 50.5 Å². The topological polar surface area (TPSA) is 58.6 Å². The SMILES string of the molecule is CNC(=O)c1ccc(CN(C)C(=O)COc2ccccc2F)cc1. The third-order valence-corrected chi connectivity index (χ3v) is 3.48. The molecule has 0 aliphatic rings. The molecule has 2 rings (SSSR count). The van der Waals surface area contributed by atoms with E-state index in [4.69, 9.17) is 4.74 Å². The quantitative estimate of drug-likeness (QED) is 0.883. The minimum Gasteiger partial charge on any atom is -0.481 e. The molecule has 0 aliphatic carbocycles. The average Bonchev–Trinajstić information content (AvgIpc) is 2.60. The van der Waals surface area contributed by atoms with Crippen molar-refractivity contribution in [3.05, 3.63) is 65.5 Å². The smallest absolute Gasteiger partial charge is 0.260 e. The van der Waals surface area contributed by atoms with E-state index in [0.717, 1.165) is 5.56 Å². The molecule has 1 N–H and O–H groups in total. The summed E-state index contributed by atoms with van der Waals surface area (Å²) in [7, 11) is 3.21. The van der Waals surface area contributed by atoms with Gasteiger partial charge in [-0.05, 0) is 29.8 Å². The largest absolute Gasteiger partial charge is 0.481 e. The first kappa shape index (κ1) is 17.5. The van der Waals surface area contributed by atoms with Crippen molar-refractivity contribution in [2.75, 3.05) is 20.7 Å². The number of halogens is 1. The zero-order valence-corrected chi connectivity index (χ0v) is 13.6. The Bertz CT molecular complexity index is 716. The van der Waals surface area contributed by atoms with E-state index >= 15 is 0 Å². The maximum Gasteiger partial charge on any atom is 0.260 e. The summed E-state index contributed by atoms with van der Waals surface area (Å²) in [6.45, 7) is 0.126. The van der Waals surface area contributed by atoms with Crippen molar-refractivity contribution >= 4 is 11.8 Å². The number of carbonyl (C=O) groups excluding carboxylic acids is 2. The lowest BCUT2D eigenvalue weighted by molar-refractivity contribution is -0.132. The van der Waals surface area contributed by atoms with E-state index in [2.05, 4.69) is 5.32 Å². The van der Waals surface area contributed by atoms with Gasteiger partial charge in [-0.1, -0.05) is 24.3 Å². The molecular formula is C18H19FN2O3. The molecule has 6 heteroatoms. The highest BCUT2D eigenvalue weighted by Gasteiger charge is 2.12. The lowest BCUT2D eigenvalue weighted by atomic mass is 10.1. The van der Waals surface area contributed by atoms with E-state index in [-0.39, 0.29) is 24.2 Å². The second-order valence-corrected chi connectivity index (χ2v) is 5.24.